The maximum absolute atomic E-state index is 13.9. The van der Waals surface area contributed by atoms with Crippen molar-refractivity contribution in [3.63, 3.8) is 0 Å². The highest BCUT2D eigenvalue weighted by molar-refractivity contribution is 5.79. The molecule has 0 bridgehead atoms. The lowest BCUT2D eigenvalue weighted by Gasteiger charge is -2.35. The van der Waals surface area contributed by atoms with Gasteiger partial charge in [-0.1, -0.05) is 12.1 Å². The number of aromatic nitrogens is 2. The Balaban J connectivity index is 1.34. The zero-order valence-corrected chi connectivity index (χ0v) is 26.1. The summed E-state index contributed by atoms with van der Waals surface area (Å²) >= 11 is 0. The maximum Gasteiger partial charge on any atom is 0.451 e. The van der Waals surface area contributed by atoms with E-state index in [0.717, 1.165) is 24.8 Å². The molecular formula is C32H42F3N7O3. The summed E-state index contributed by atoms with van der Waals surface area (Å²) in [6.07, 6.45) is -1.02. The Morgan fingerprint density at radius 2 is 1.64 bits per heavy atom. The summed E-state index contributed by atoms with van der Waals surface area (Å²) < 4.78 is 46.9. The molecule has 1 aromatic carbocycles. The van der Waals surface area contributed by atoms with Crippen LogP contribution in [0.5, 0.6) is 0 Å². The highest BCUT2D eigenvalue weighted by Gasteiger charge is 2.37. The van der Waals surface area contributed by atoms with Crippen LogP contribution in [0.3, 0.4) is 0 Å². The molecule has 1 aromatic heterocycles. The van der Waals surface area contributed by atoms with E-state index in [4.69, 9.17) is 10.00 Å². The molecule has 2 amide bonds. The molecule has 2 fully saturated rings. The average Bonchev–Trinajstić information content (AvgIpc) is 3.00. The summed E-state index contributed by atoms with van der Waals surface area (Å²) in [4.78, 5) is 36.3. The van der Waals surface area contributed by atoms with E-state index in [1.165, 1.54) is 0 Å². The molecule has 3 heterocycles. The van der Waals surface area contributed by atoms with Crippen LogP contribution in [0.15, 0.2) is 30.3 Å². The standard InChI is InChI=1S/C32H42F3N7O3/c1-31(2,3)45-30(44)38-15-11-23-12-17-41(18-13-23)26-19-27(40-29(39-26)32(33,34)35)42-16-4-5-25(21-42)28(43)37-14-10-22-6-8-24(20-36)9-7-22/h6-9,19,23,25H,4-5,10-18,21H2,1-3H3,(H,37,43)(H,38,44)/t25-/m1/s1. The predicted octanol–water partition coefficient (Wildman–Crippen LogP) is 5.07. The van der Waals surface area contributed by atoms with Gasteiger partial charge in [0.15, 0.2) is 0 Å². The molecule has 2 saturated heterocycles. The molecule has 13 heteroatoms. The lowest BCUT2D eigenvalue weighted by Crippen LogP contribution is -2.44. The first-order valence-electron chi connectivity index (χ1n) is 15.5. The number of alkyl halides is 3. The molecule has 45 heavy (non-hydrogen) atoms. The van der Waals surface area contributed by atoms with Crippen LogP contribution < -0.4 is 20.4 Å². The molecule has 2 N–H and O–H groups in total. The fraction of sp³-hybridized carbons (Fsp3) is 0.594. The molecule has 10 nitrogen and oxygen atoms in total. The van der Waals surface area contributed by atoms with Crippen molar-refractivity contribution >= 4 is 23.6 Å². The Kier molecular flexibility index (Phi) is 11.1. The monoisotopic (exact) mass is 629 g/mol. The number of halogens is 3. The first kappa shape index (κ1) is 33.8. The molecule has 4 rings (SSSR count). The van der Waals surface area contributed by atoms with Crippen molar-refractivity contribution < 1.29 is 27.5 Å². The number of nitriles is 1. The lowest BCUT2D eigenvalue weighted by molar-refractivity contribution is -0.144. The number of carbonyl (C=O) groups excluding carboxylic acids is 2. The maximum atomic E-state index is 13.9. The van der Waals surface area contributed by atoms with Crippen LogP contribution in [0.2, 0.25) is 0 Å². The van der Waals surface area contributed by atoms with Crippen molar-refractivity contribution in [1.29, 1.82) is 5.26 Å². The van der Waals surface area contributed by atoms with E-state index in [2.05, 4.69) is 26.7 Å². The summed E-state index contributed by atoms with van der Waals surface area (Å²) in [5.74, 6) is -0.984. The fourth-order valence-electron chi connectivity index (χ4n) is 5.64. The normalized spacial score (nSPS) is 17.8. The topological polar surface area (TPSA) is 123 Å². The first-order chi connectivity index (χ1) is 21.3. The Morgan fingerprint density at radius 1 is 0.978 bits per heavy atom. The molecule has 2 aliphatic rings. The number of benzene rings is 1. The van der Waals surface area contributed by atoms with Crippen LogP contribution in [0.1, 0.15) is 69.8 Å². The van der Waals surface area contributed by atoms with Crippen LogP contribution in [0.4, 0.5) is 29.6 Å². The molecule has 0 aliphatic carbocycles. The predicted molar refractivity (Wildman–Crippen MR) is 164 cm³/mol. The summed E-state index contributed by atoms with van der Waals surface area (Å²) in [7, 11) is 0. The van der Waals surface area contributed by atoms with E-state index in [-0.39, 0.29) is 30.0 Å². The Bertz CT molecular complexity index is 1350. The third-order valence-electron chi connectivity index (χ3n) is 8.02. The van der Waals surface area contributed by atoms with Gasteiger partial charge in [-0.15, -0.1) is 0 Å². The number of hydrogen-bond acceptors (Lipinski definition) is 8. The van der Waals surface area contributed by atoms with Gasteiger partial charge in [-0.05, 0) is 82.9 Å². The van der Waals surface area contributed by atoms with Gasteiger partial charge in [-0.25, -0.2) is 14.8 Å². The highest BCUT2D eigenvalue weighted by atomic mass is 19.4. The number of rotatable bonds is 9. The van der Waals surface area contributed by atoms with Gasteiger partial charge >= 0.3 is 12.3 Å². The second-order valence-electron chi connectivity index (χ2n) is 12.7. The minimum Gasteiger partial charge on any atom is -0.444 e. The van der Waals surface area contributed by atoms with Gasteiger partial charge in [-0.2, -0.15) is 18.4 Å². The molecule has 0 saturated carbocycles. The van der Waals surface area contributed by atoms with Crippen LogP contribution in [-0.2, 0) is 22.1 Å². The number of ether oxygens (including phenoxy) is 1. The van der Waals surface area contributed by atoms with Gasteiger partial charge < -0.3 is 25.2 Å². The highest BCUT2D eigenvalue weighted by Crippen LogP contribution is 2.33. The number of nitrogens with one attached hydrogen (secondary N) is 2. The van der Waals surface area contributed by atoms with E-state index >= 15 is 0 Å². The molecule has 2 aromatic rings. The summed E-state index contributed by atoms with van der Waals surface area (Å²) in [6, 6.07) is 10.8. The van der Waals surface area contributed by atoms with Crippen LogP contribution in [0.25, 0.3) is 0 Å². The van der Waals surface area contributed by atoms with Crippen molar-refractivity contribution in [2.24, 2.45) is 11.8 Å². The van der Waals surface area contributed by atoms with Gasteiger partial charge in [0.1, 0.15) is 17.2 Å². The largest absolute Gasteiger partial charge is 0.451 e. The van der Waals surface area contributed by atoms with Gasteiger partial charge in [0.05, 0.1) is 17.6 Å². The third-order valence-corrected chi connectivity index (χ3v) is 8.02. The zero-order chi connectivity index (χ0) is 32.6. The van der Waals surface area contributed by atoms with Crippen LogP contribution >= 0.6 is 0 Å². The number of nitrogens with zero attached hydrogens (tertiary/aromatic N) is 5. The van der Waals surface area contributed by atoms with E-state index in [1.54, 1.807) is 43.9 Å². The Morgan fingerprint density at radius 3 is 2.27 bits per heavy atom. The SMILES string of the molecule is CC(C)(C)OC(=O)NCCC1CCN(c2cc(N3CCC[C@@H](C(=O)NCCc4ccc(C#N)cc4)C3)nc(C(F)(F)F)n2)CC1. The van der Waals surface area contributed by atoms with Gasteiger partial charge in [0.2, 0.25) is 11.7 Å². The Labute approximate surface area is 262 Å². The van der Waals surface area contributed by atoms with Crippen molar-refractivity contribution in [2.75, 3.05) is 49.1 Å². The second kappa shape index (κ2) is 14.8. The minimum absolute atomic E-state index is 0.137. The smallest absolute Gasteiger partial charge is 0.444 e. The van der Waals surface area contributed by atoms with E-state index < -0.39 is 23.7 Å². The quantitative estimate of drug-likeness (QED) is 0.394. The van der Waals surface area contributed by atoms with Crippen LogP contribution in [-0.4, -0.2) is 66.8 Å². The van der Waals surface area contributed by atoms with E-state index in [1.807, 2.05) is 17.0 Å². The number of hydrogen-bond donors (Lipinski definition) is 2. The number of carbonyl (C=O) groups is 2. The lowest BCUT2D eigenvalue weighted by atomic mass is 9.93. The minimum atomic E-state index is -4.71. The van der Waals surface area contributed by atoms with Gasteiger partial charge in [0, 0.05) is 45.3 Å². The molecule has 2 aliphatic heterocycles. The zero-order valence-electron chi connectivity index (χ0n) is 26.1. The summed E-state index contributed by atoms with van der Waals surface area (Å²) in [6.45, 7) is 8.12. The number of amides is 2. The molecule has 1 atom stereocenters. The molecule has 0 spiro atoms. The number of anilines is 2. The van der Waals surface area contributed by atoms with Crippen molar-refractivity contribution in [1.82, 2.24) is 20.6 Å². The second-order valence-corrected chi connectivity index (χ2v) is 12.7. The van der Waals surface area contributed by atoms with Crippen molar-refractivity contribution in [3.05, 3.63) is 47.3 Å². The van der Waals surface area contributed by atoms with E-state index in [9.17, 15) is 22.8 Å². The molecule has 0 unspecified atom stereocenters. The average molecular weight is 630 g/mol. The van der Waals surface area contributed by atoms with Crippen molar-refractivity contribution in [3.8, 4) is 6.07 Å². The number of piperidine rings is 2. The Hall–Kier alpha value is -4.08. The number of alkyl carbamates (subject to hydrolysis) is 1. The third kappa shape index (κ3) is 10.2. The van der Waals surface area contributed by atoms with E-state index in [0.29, 0.717) is 63.5 Å². The molecule has 244 valence electrons. The van der Waals surface area contributed by atoms with Crippen molar-refractivity contribution in [2.45, 2.75) is 71.1 Å². The first-order valence-corrected chi connectivity index (χ1v) is 15.5. The van der Waals surface area contributed by atoms with Gasteiger partial charge in [0.25, 0.3) is 0 Å². The summed E-state index contributed by atoms with van der Waals surface area (Å²) in [5.41, 5.74) is 0.992. The van der Waals surface area contributed by atoms with Crippen LogP contribution in [0, 0.1) is 23.2 Å². The fourth-order valence-corrected chi connectivity index (χ4v) is 5.64. The molecule has 0 radical (unpaired) electrons. The van der Waals surface area contributed by atoms with Gasteiger partial charge in [-0.3, -0.25) is 4.79 Å². The molecular weight excluding hydrogens is 587 g/mol. The summed E-state index contributed by atoms with van der Waals surface area (Å²) in [5, 5.41) is 14.7.